The van der Waals surface area contributed by atoms with Gasteiger partial charge in [0.05, 0.1) is 0 Å². The number of carbonyl (C=O) groups excluding carboxylic acids is 2. The highest BCUT2D eigenvalue weighted by atomic mass is 32.1. The number of nitrogens with one attached hydrogen (secondary N) is 1. The number of rotatable bonds is 5. The molecule has 0 atom stereocenters. The van der Waals surface area contributed by atoms with Crippen molar-refractivity contribution in [1.82, 2.24) is 10.3 Å². The van der Waals surface area contributed by atoms with Gasteiger partial charge in [-0.3, -0.25) is 14.4 Å². The lowest BCUT2D eigenvalue weighted by Gasteiger charge is -2.02. The van der Waals surface area contributed by atoms with Crippen LogP contribution in [0.2, 0.25) is 0 Å². The van der Waals surface area contributed by atoms with Gasteiger partial charge in [0.2, 0.25) is 5.78 Å². The molecule has 0 saturated heterocycles. The zero-order valence-corrected chi connectivity index (χ0v) is 12.7. The molecule has 0 saturated carbocycles. The van der Waals surface area contributed by atoms with E-state index < -0.39 is 18.4 Å². The van der Waals surface area contributed by atoms with Gasteiger partial charge in [0.1, 0.15) is 12.2 Å². The molecule has 1 aliphatic rings. The van der Waals surface area contributed by atoms with Gasteiger partial charge in [-0.15, -0.1) is 11.3 Å². The SMILES string of the molecule is O=C(O)CNC(=O)c1csc(C(=O)C2=CCc3ccccc32)n1. The second-order valence-corrected chi connectivity index (χ2v) is 5.78. The van der Waals surface area contributed by atoms with E-state index in [0.29, 0.717) is 12.0 Å². The molecule has 6 nitrogen and oxygen atoms in total. The molecule has 0 unspecified atom stereocenters. The molecule has 0 aliphatic heterocycles. The first-order chi connectivity index (χ1) is 11.1. The number of carboxylic acid groups (broad SMARTS) is 1. The second-order valence-electron chi connectivity index (χ2n) is 4.92. The smallest absolute Gasteiger partial charge is 0.322 e. The molecule has 7 heteroatoms. The average Bonchev–Trinajstić information content (AvgIpc) is 3.19. The number of benzene rings is 1. The summed E-state index contributed by atoms with van der Waals surface area (Å²) in [5.41, 5.74) is 2.62. The fourth-order valence-corrected chi connectivity index (χ4v) is 3.09. The van der Waals surface area contributed by atoms with Crippen LogP contribution in [0.5, 0.6) is 0 Å². The Kier molecular flexibility index (Phi) is 4.03. The predicted molar refractivity (Wildman–Crippen MR) is 84.5 cm³/mol. The number of Topliss-reactive ketones (excluding diaryl/α,β-unsaturated/α-hetero) is 1. The lowest BCUT2D eigenvalue weighted by molar-refractivity contribution is -0.135. The van der Waals surface area contributed by atoms with Crippen LogP contribution in [0.15, 0.2) is 35.7 Å². The summed E-state index contributed by atoms with van der Waals surface area (Å²) in [5, 5.41) is 12.4. The number of allylic oxidation sites excluding steroid dienone is 2. The number of ketones is 1. The van der Waals surface area contributed by atoms with Gasteiger partial charge >= 0.3 is 5.97 Å². The Morgan fingerprint density at radius 3 is 2.83 bits per heavy atom. The maximum atomic E-state index is 12.6. The normalized spacial score (nSPS) is 12.4. The number of hydrogen-bond acceptors (Lipinski definition) is 5. The minimum atomic E-state index is -1.14. The summed E-state index contributed by atoms with van der Waals surface area (Å²) < 4.78 is 0. The highest BCUT2D eigenvalue weighted by molar-refractivity contribution is 7.12. The van der Waals surface area contributed by atoms with Crippen molar-refractivity contribution in [2.75, 3.05) is 6.54 Å². The minimum Gasteiger partial charge on any atom is -0.480 e. The third kappa shape index (κ3) is 3.04. The molecule has 1 aromatic heterocycles. The van der Waals surface area contributed by atoms with E-state index in [0.717, 1.165) is 22.5 Å². The Balaban J connectivity index is 1.77. The van der Waals surface area contributed by atoms with E-state index in [1.54, 1.807) is 0 Å². The Bertz CT molecular complexity index is 838. The summed E-state index contributed by atoms with van der Waals surface area (Å²) >= 11 is 1.07. The molecule has 3 rings (SSSR count). The lowest BCUT2D eigenvalue weighted by Crippen LogP contribution is -2.29. The molecular formula is C16H12N2O4S. The average molecular weight is 328 g/mol. The van der Waals surface area contributed by atoms with Crippen LogP contribution in [0.1, 0.15) is 31.4 Å². The predicted octanol–water partition coefficient (Wildman–Crippen LogP) is 1.78. The topological polar surface area (TPSA) is 96.4 Å². The van der Waals surface area contributed by atoms with Crippen molar-refractivity contribution < 1.29 is 19.5 Å². The molecule has 1 aromatic carbocycles. The van der Waals surface area contributed by atoms with Crippen LogP contribution in [0, 0.1) is 0 Å². The molecule has 0 spiro atoms. The number of aliphatic carboxylic acids is 1. The first-order valence-electron chi connectivity index (χ1n) is 6.85. The van der Waals surface area contributed by atoms with Gasteiger partial charge < -0.3 is 10.4 Å². The van der Waals surface area contributed by atoms with Crippen molar-refractivity contribution in [3.8, 4) is 0 Å². The van der Waals surface area contributed by atoms with Crippen LogP contribution in [0.25, 0.3) is 5.57 Å². The van der Waals surface area contributed by atoms with Gasteiger partial charge in [-0.1, -0.05) is 30.3 Å². The van der Waals surface area contributed by atoms with Crippen molar-refractivity contribution in [3.05, 3.63) is 57.6 Å². The molecule has 0 bridgehead atoms. The summed E-state index contributed by atoms with van der Waals surface area (Å²) in [6, 6.07) is 7.66. The maximum Gasteiger partial charge on any atom is 0.322 e. The summed E-state index contributed by atoms with van der Waals surface area (Å²) in [6.45, 7) is -0.488. The maximum absolute atomic E-state index is 12.6. The highest BCUT2D eigenvalue weighted by Gasteiger charge is 2.24. The fraction of sp³-hybridized carbons (Fsp3) is 0.125. The fourth-order valence-electron chi connectivity index (χ4n) is 2.34. The molecule has 0 radical (unpaired) electrons. The van der Waals surface area contributed by atoms with E-state index in [2.05, 4.69) is 10.3 Å². The molecule has 116 valence electrons. The Morgan fingerprint density at radius 2 is 2.04 bits per heavy atom. The third-order valence-corrected chi connectivity index (χ3v) is 4.25. The van der Waals surface area contributed by atoms with Gasteiger partial charge in [0, 0.05) is 11.0 Å². The molecular weight excluding hydrogens is 316 g/mol. The van der Waals surface area contributed by atoms with E-state index >= 15 is 0 Å². The molecule has 1 aliphatic carbocycles. The molecule has 1 heterocycles. The second kappa shape index (κ2) is 6.13. The lowest BCUT2D eigenvalue weighted by atomic mass is 10.0. The zero-order chi connectivity index (χ0) is 16.4. The highest BCUT2D eigenvalue weighted by Crippen LogP contribution is 2.30. The number of hydrogen-bond donors (Lipinski definition) is 2. The first kappa shape index (κ1) is 15.1. The standard InChI is InChI=1S/C16H12N2O4S/c19-13(20)7-17-15(22)12-8-23-16(18-12)14(21)11-6-5-9-3-1-2-4-10(9)11/h1-4,6,8H,5,7H2,(H,17,22)(H,19,20). The van der Waals surface area contributed by atoms with Gasteiger partial charge in [0.25, 0.3) is 5.91 Å². The van der Waals surface area contributed by atoms with E-state index in [9.17, 15) is 14.4 Å². The van der Waals surface area contributed by atoms with Gasteiger partial charge in [-0.05, 0) is 17.5 Å². The van der Waals surface area contributed by atoms with Crippen molar-refractivity contribution >= 4 is 34.6 Å². The van der Waals surface area contributed by atoms with Crippen molar-refractivity contribution in [1.29, 1.82) is 0 Å². The zero-order valence-electron chi connectivity index (χ0n) is 11.9. The number of thiazole rings is 1. The van der Waals surface area contributed by atoms with Crippen LogP contribution in [0.4, 0.5) is 0 Å². The largest absolute Gasteiger partial charge is 0.480 e. The number of fused-ring (bicyclic) bond motifs is 1. The van der Waals surface area contributed by atoms with Gasteiger partial charge in [0.15, 0.2) is 5.01 Å². The van der Waals surface area contributed by atoms with Crippen LogP contribution in [-0.2, 0) is 11.2 Å². The van der Waals surface area contributed by atoms with Crippen molar-refractivity contribution in [2.24, 2.45) is 0 Å². The number of carboxylic acids is 1. The molecule has 23 heavy (non-hydrogen) atoms. The Labute approximate surface area is 135 Å². The van der Waals surface area contributed by atoms with Crippen LogP contribution < -0.4 is 5.32 Å². The Hall–Kier alpha value is -2.80. The first-order valence-corrected chi connectivity index (χ1v) is 7.73. The van der Waals surface area contributed by atoms with E-state index in [1.807, 2.05) is 30.3 Å². The third-order valence-electron chi connectivity index (χ3n) is 3.41. The minimum absolute atomic E-state index is 0.0477. The van der Waals surface area contributed by atoms with Crippen molar-refractivity contribution in [3.63, 3.8) is 0 Å². The number of amides is 1. The Morgan fingerprint density at radius 1 is 1.26 bits per heavy atom. The summed E-state index contributed by atoms with van der Waals surface area (Å²) in [5.74, 6) is -1.97. The molecule has 1 amide bonds. The van der Waals surface area contributed by atoms with Gasteiger partial charge in [-0.25, -0.2) is 4.98 Å². The number of aromatic nitrogens is 1. The molecule has 0 fully saturated rings. The summed E-state index contributed by atoms with van der Waals surface area (Å²) in [6.07, 6.45) is 2.56. The van der Waals surface area contributed by atoms with Crippen molar-refractivity contribution in [2.45, 2.75) is 6.42 Å². The quantitative estimate of drug-likeness (QED) is 0.816. The van der Waals surface area contributed by atoms with E-state index in [1.165, 1.54) is 5.38 Å². The summed E-state index contributed by atoms with van der Waals surface area (Å²) in [7, 11) is 0. The monoisotopic (exact) mass is 328 g/mol. The van der Waals surface area contributed by atoms with Crippen LogP contribution in [0.3, 0.4) is 0 Å². The van der Waals surface area contributed by atoms with Crippen LogP contribution in [-0.4, -0.2) is 34.3 Å². The van der Waals surface area contributed by atoms with Gasteiger partial charge in [-0.2, -0.15) is 0 Å². The van der Waals surface area contributed by atoms with E-state index in [4.69, 9.17) is 5.11 Å². The number of nitrogens with zero attached hydrogens (tertiary/aromatic N) is 1. The molecule has 2 N–H and O–H groups in total. The van der Waals surface area contributed by atoms with E-state index in [-0.39, 0.29) is 16.5 Å². The molecule has 2 aromatic rings. The summed E-state index contributed by atoms with van der Waals surface area (Å²) in [4.78, 5) is 38.8. The van der Waals surface area contributed by atoms with Crippen LogP contribution >= 0.6 is 11.3 Å². The number of carbonyl (C=O) groups is 3.